The van der Waals surface area contributed by atoms with Crippen molar-refractivity contribution in [2.75, 3.05) is 13.6 Å². The van der Waals surface area contributed by atoms with Gasteiger partial charge in [-0.2, -0.15) is 0 Å². The minimum absolute atomic E-state index is 0.0354. The minimum atomic E-state index is -0.698. The van der Waals surface area contributed by atoms with Crippen molar-refractivity contribution in [3.8, 4) is 0 Å². The first-order valence-corrected chi connectivity index (χ1v) is 4.25. The van der Waals surface area contributed by atoms with Crippen molar-refractivity contribution in [2.45, 2.75) is 31.7 Å². The van der Waals surface area contributed by atoms with Gasteiger partial charge in [0.05, 0.1) is 6.26 Å². The normalized spacial score (nSPS) is 33.2. The van der Waals surface area contributed by atoms with Crippen molar-refractivity contribution >= 4 is 0 Å². The highest BCUT2D eigenvalue weighted by atomic mass is 19.1. The number of halogens is 1. The number of hydrogen-bond acceptors (Lipinski definition) is 2. The predicted octanol–water partition coefficient (Wildman–Crippen LogP) is 1.58. The molecule has 12 heavy (non-hydrogen) atoms. The third kappa shape index (κ3) is 1.97. The lowest BCUT2D eigenvalue weighted by Gasteiger charge is -2.24. The second-order valence-corrected chi connectivity index (χ2v) is 3.35. The third-order valence-corrected chi connectivity index (χ3v) is 2.40. The van der Waals surface area contributed by atoms with Gasteiger partial charge < -0.3 is 4.74 Å². The quantitative estimate of drug-likeness (QED) is 0.601. The van der Waals surface area contributed by atoms with Crippen molar-refractivity contribution < 1.29 is 9.13 Å². The molecule has 0 spiro atoms. The van der Waals surface area contributed by atoms with Gasteiger partial charge in [0.25, 0.3) is 0 Å². The molecule has 1 rings (SSSR count). The van der Waals surface area contributed by atoms with Crippen LogP contribution in [0.2, 0.25) is 0 Å². The fourth-order valence-electron chi connectivity index (χ4n) is 1.76. The Morgan fingerprint density at radius 3 is 2.83 bits per heavy atom. The molecular formula is C9H16FNO. The van der Waals surface area contributed by atoms with Gasteiger partial charge in [0.15, 0.2) is 0 Å². The van der Waals surface area contributed by atoms with Gasteiger partial charge in [-0.05, 0) is 20.4 Å². The van der Waals surface area contributed by atoms with Gasteiger partial charge in [-0.25, -0.2) is 4.39 Å². The zero-order chi connectivity index (χ0) is 9.14. The summed E-state index contributed by atoms with van der Waals surface area (Å²) in [7, 11) is 1.92. The average molecular weight is 173 g/mol. The second kappa shape index (κ2) is 3.90. The SMILES string of the molecule is C=CO[C@@H](C)C1CC(F)CN1C. The van der Waals surface area contributed by atoms with Gasteiger partial charge in [-0.15, -0.1) is 0 Å². The Balaban J connectivity index is 2.45. The molecule has 3 atom stereocenters. The van der Waals surface area contributed by atoms with Crippen LogP contribution in [0.1, 0.15) is 13.3 Å². The minimum Gasteiger partial charge on any atom is -0.497 e. The fourth-order valence-corrected chi connectivity index (χ4v) is 1.76. The van der Waals surface area contributed by atoms with Crippen molar-refractivity contribution in [1.82, 2.24) is 4.90 Å². The van der Waals surface area contributed by atoms with E-state index in [1.165, 1.54) is 6.26 Å². The van der Waals surface area contributed by atoms with Crippen LogP contribution in [-0.2, 0) is 4.74 Å². The standard InChI is InChI=1S/C9H16FNO/c1-4-12-7(2)9-5-8(10)6-11(9)3/h4,7-9H,1,5-6H2,2-3H3/t7-,8?,9?/m0/s1. The predicted molar refractivity (Wildman–Crippen MR) is 46.7 cm³/mol. The van der Waals surface area contributed by atoms with E-state index in [1.807, 2.05) is 18.9 Å². The first-order valence-electron chi connectivity index (χ1n) is 4.25. The van der Waals surface area contributed by atoms with Gasteiger partial charge in [0.2, 0.25) is 0 Å². The van der Waals surface area contributed by atoms with Gasteiger partial charge in [-0.1, -0.05) is 6.58 Å². The smallest absolute Gasteiger partial charge is 0.114 e. The molecule has 1 heterocycles. The molecule has 1 saturated heterocycles. The fraction of sp³-hybridized carbons (Fsp3) is 0.778. The molecule has 0 amide bonds. The van der Waals surface area contributed by atoms with Crippen LogP contribution in [0.3, 0.4) is 0 Å². The Hall–Kier alpha value is -0.570. The van der Waals surface area contributed by atoms with Crippen LogP contribution in [0.15, 0.2) is 12.8 Å². The van der Waals surface area contributed by atoms with E-state index in [2.05, 4.69) is 6.58 Å². The lowest BCUT2D eigenvalue weighted by Crippen LogP contribution is -2.35. The van der Waals surface area contributed by atoms with E-state index in [0.29, 0.717) is 13.0 Å². The summed E-state index contributed by atoms with van der Waals surface area (Å²) in [5.41, 5.74) is 0. The van der Waals surface area contributed by atoms with Gasteiger partial charge >= 0.3 is 0 Å². The number of likely N-dealkylation sites (N-methyl/N-ethyl adjacent to an activating group) is 1. The van der Waals surface area contributed by atoms with E-state index < -0.39 is 6.17 Å². The summed E-state index contributed by atoms with van der Waals surface area (Å²) in [6.45, 7) is 5.95. The largest absolute Gasteiger partial charge is 0.497 e. The van der Waals surface area contributed by atoms with E-state index in [-0.39, 0.29) is 12.1 Å². The summed E-state index contributed by atoms with van der Waals surface area (Å²) < 4.78 is 18.1. The molecule has 0 saturated carbocycles. The van der Waals surface area contributed by atoms with Gasteiger partial charge in [0.1, 0.15) is 12.3 Å². The molecule has 2 unspecified atom stereocenters. The molecule has 0 aromatic carbocycles. The maximum Gasteiger partial charge on any atom is 0.114 e. The highest BCUT2D eigenvalue weighted by Crippen LogP contribution is 2.22. The summed E-state index contributed by atoms with van der Waals surface area (Å²) in [5, 5.41) is 0. The topological polar surface area (TPSA) is 12.5 Å². The van der Waals surface area contributed by atoms with Crippen molar-refractivity contribution in [3.63, 3.8) is 0 Å². The second-order valence-electron chi connectivity index (χ2n) is 3.35. The molecule has 0 aromatic heterocycles. The highest BCUT2D eigenvalue weighted by Gasteiger charge is 2.33. The molecule has 1 aliphatic rings. The molecular weight excluding hydrogens is 157 g/mol. The zero-order valence-electron chi connectivity index (χ0n) is 7.66. The number of hydrogen-bond donors (Lipinski definition) is 0. The van der Waals surface area contributed by atoms with Gasteiger partial charge in [0, 0.05) is 12.6 Å². The summed E-state index contributed by atoms with van der Waals surface area (Å²) in [5.74, 6) is 0. The van der Waals surface area contributed by atoms with Crippen LogP contribution < -0.4 is 0 Å². The first kappa shape index (κ1) is 9.52. The molecule has 70 valence electrons. The van der Waals surface area contributed by atoms with E-state index in [1.54, 1.807) is 0 Å². The number of nitrogens with zero attached hydrogens (tertiary/aromatic N) is 1. The molecule has 1 aliphatic heterocycles. The molecule has 1 fully saturated rings. The average Bonchev–Trinajstić information content (AvgIpc) is 2.30. The number of alkyl halides is 1. The highest BCUT2D eigenvalue weighted by molar-refractivity contribution is 4.87. The lowest BCUT2D eigenvalue weighted by molar-refractivity contribution is 0.0828. The first-order chi connectivity index (χ1) is 5.65. The van der Waals surface area contributed by atoms with Crippen LogP contribution in [0, 0.1) is 0 Å². The van der Waals surface area contributed by atoms with E-state index in [4.69, 9.17) is 4.74 Å². The Morgan fingerprint density at radius 2 is 2.42 bits per heavy atom. The maximum atomic E-state index is 12.9. The van der Waals surface area contributed by atoms with E-state index in [0.717, 1.165) is 0 Å². The molecule has 0 N–H and O–H groups in total. The molecule has 0 bridgehead atoms. The Kier molecular flexibility index (Phi) is 3.09. The molecule has 0 aliphatic carbocycles. The number of rotatable bonds is 3. The molecule has 2 nitrogen and oxygen atoms in total. The Bertz CT molecular complexity index is 163. The summed E-state index contributed by atoms with van der Waals surface area (Å²) in [6.07, 6.45) is 1.33. The number of likely N-dealkylation sites (tertiary alicyclic amines) is 1. The molecule has 3 heteroatoms. The van der Waals surface area contributed by atoms with Crippen LogP contribution in [0.25, 0.3) is 0 Å². The monoisotopic (exact) mass is 173 g/mol. The Morgan fingerprint density at radius 1 is 1.75 bits per heavy atom. The third-order valence-electron chi connectivity index (χ3n) is 2.40. The summed E-state index contributed by atoms with van der Waals surface area (Å²) in [4.78, 5) is 2.00. The van der Waals surface area contributed by atoms with Crippen molar-refractivity contribution in [3.05, 3.63) is 12.8 Å². The van der Waals surface area contributed by atoms with E-state index >= 15 is 0 Å². The van der Waals surface area contributed by atoms with Crippen LogP contribution in [-0.4, -0.2) is 36.8 Å². The molecule has 0 aromatic rings. The number of ether oxygens (including phenoxy) is 1. The summed E-state index contributed by atoms with van der Waals surface area (Å²) in [6, 6.07) is 0.193. The van der Waals surface area contributed by atoms with Crippen LogP contribution in [0.4, 0.5) is 4.39 Å². The van der Waals surface area contributed by atoms with Crippen molar-refractivity contribution in [2.24, 2.45) is 0 Å². The maximum absolute atomic E-state index is 12.9. The van der Waals surface area contributed by atoms with Crippen molar-refractivity contribution in [1.29, 1.82) is 0 Å². The summed E-state index contributed by atoms with van der Waals surface area (Å²) >= 11 is 0. The van der Waals surface area contributed by atoms with E-state index in [9.17, 15) is 4.39 Å². The molecule has 0 radical (unpaired) electrons. The zero-order valence-corrected chi connectivity index (χ0v) is 7.66. The van der Waals surface area contributed by atoms with Crippen LogP contribution in [0.5, 0.6) is 0 Å². The Labute approximate surface area is 73.0 Å². The lowest BCUT2D eigenvalue weighted by atomic mass is 10.1. The van der Waals surface area contributed by atoms with Crippen LogP contribution >= 0.6 is 0 Å². The van der Waals surface area contributed by atoms with Gasteiger partial charge in [-0.3, -0.25) is 4.90 Å².